The lowest BCUT2D eigenvalue weighted by atomic mass is 10.0. The molecule has 1 heterocycles. The standard InChI is InChI=1S/C26H26FN3O3S/c1-16-14-22-20(15-21(16)27)23(25(28)31)24(30(22)19-8-6-5-7-9-19)17-10-12-18(13-11-17)29-34(32,33)26(2,3)4/h5-15,29H,1-4H3,(H2,28,31). The van der Waals surface area contributed by atoms with Gasteiger partial charge in [0.2, 0.25) is 10.0 Å². The number of rotatable bonds is 5. The Morgan fingerprint density at radius 2 is 1.62 bits per heavy atom. The van der Waals surface area contributed by atoms with Gasteiger partial charge >= 0.3 is 0 Å². The highest BCUT2D eigenvalue weighted by molar-refractivity contribution is 7.94. The van der Waals surface area contributed by atoms with E-state index in [1.165, 1.54) is 6.07 Å². The van der Waals surface area contributed by atoms with Crippen molar-refractivity contribution in [2.75, 3.05) is 4.72 Å². The molecule has 0 aliphatic heterocycles. The number of amides is 1. The van der Waals surface area contributed by atoms with Gasteiger partial charge in [0.15, 0.2) is 0 Å². The van der Waals surface area contributed by atoms with E-state index in [1.54, 1.807) is 58.0 Å². The van der Waals surface area contributed by atoms with E-state index in [0.29, 0.717) is 33.4 Å². The van der Waals surface area contributed by atoms with Gasteiger partial charge in [-0.25, -0.2) is 12.8 Å². The molecule has 8 heteroatoms. The minimum atomic E-state index is -3.60. The van der Waals surface area contributed by atoms with Gasteiger partial charge in [0.05, 0.1) is 21.5 Å². The lowest BCUT2D eigenvalue weighted by molar-refractivity contribution is 0.100. The molecule has 0 unspecified atom stereocenters. The number of para-hydroxylation sites is 1. The maximum atomic E-state index is 14.5. The van der Waals surface area contributed by atoms with Crippen molar-refractivity contribution in [2.24, 2.45) is 5.73 Å². The molecule has 1 aromatic heterocycles. The Labute approximate surface area is 198 Å². The van der Waals surface area contributed by atoms with Gasteiger partial charge in [-0.15, -0.1) is 0 Å². The molecule has 0 aliphatic rings. The number of sulfonamides is 1. The van der Waals surface area contributed by atoms with E-state index < -0.39 is 26.5 Å². The minimum Gasteiger partial charge on any atom is -0.366 e. The third-order valence-corrected chi connectivity index (χ3v) is 7.84. The minimum absolute atomic E-state index is 0.195. The molecule has 4 rings (SSSR count). The van der Waals surface area contributed by atoms with Crippen LogP contribution >= 0.6 is 0 Å². The molecule has 0 spiro atoms. The Kier molecular flexibility index (Phi) is 5.73. The topological polar surface area (TPSA) is 94.2 Å². The Hall–Kier alpha value is -3.65. The number of aryl methyl sites for hydroxylation is 1. The van der Waals surface area contributed by atoms with Crippen LogP contribution in [0.4, 0.5) is 10.1 Å². The number of fused-ring (bicyclic) bond motifs is 1. The first-order chi connectivity index (χ1) is 15.9. The fourth-order valence-electron chi connectivity index (χ4n) is 3.78. The van der Waals surface area contributed by atoms with Gasteiger partial charge in [-0.2, -0.15) is 0 Å². The molecular formula is C26H26FN3O3S. The van der Waals surface area contributed by atoms with E-state index in [0.717, 1.165) is 5.69 Å². The highest BCUT2D eigenvalue weighted by atomic mass is 32.2. The summed E-state index contributed by atoms with van der Waals surface area (Å²) in [5.74, 6) is -1.12. The fraction of sp³-hybridized carbons (Fsp3) is 0.192. The molecule has 0 atom stereocenters. The van der Waals surface area contributed by atoms with E-state index in [1.807, 2.05) is 34.9 Å². The SMILES string of the molecule is Cc1cc2c(cc1F)c(C(N)=O)c(-c1ccc(NS(=O)(=O)C(C)(C)C)cc1)n2-c1ccccc1. The van der Waals surface area contributed by atoms with Crippen molar-refractivity contribution in [1.29, 1.82) is 0 Å². The van der Waals surface area contributed by atoms with Crippen LogP contribution in [0.2, 0.25) is 0 Å². The van der Waals surface area contributed by atoms with Crippen molar-refractivity contribution in [3.05, 3.63) is 83.7 Å². The van der Waals surface area contributed by atoms with Crippen molar-refractivity contribution < 1.29 is 17.6 Å². The van der Waals surface area contributed by atoms with Crippen molar-refractivity contribution in [3.63, 3.8) is 0 Å². The molecule has 0 fully saturated rings. The Morgan fingerprint density at radius 1 is 1.00 bits per heavy atom. The molecule has 34 heavy (non-hydrogen) atoms. The number of hydrogen-bond donors (Lipinski definition) is 2. The molecule has 0 radical (unpaired) electrons. The molecule has 1 amide bonds. The number of nitrogens with one attached hydrogen (secondary N) is 1. The second-order valence-corrected chi connectivity index (χ2v) is 11.6. The van der Waals surface area contributed by atoms with Crippen LogP contribution in [-0.2, 0) is 10.0 Å². The number of nitrogens with zero attached hydrogens (tertiary/aromatic N) is 1. The van der Waals surface area contributed by atoms with E-state index in [2.05, 4.69) is 4.72 Å². The van der Waals surface area contributed by atoms with Gasteiger partial charge in [0.1, 0.15) is 5.82 Å². The van der Waals surface area contributed by atoms with E-state index in [-0.39, 0.29) is 5.56 Å². The van der Waals surface area contributed by atoms with Crippen LogP contribution < -0.4 is 10.5 Å². The van der Waals surface area contributed by atoms with Crippen LogP contribution in [0.1, 0.15) is 36.7 Å². The molecule has 176 valence electrons. The molecule has 0 aliphatic carbocycles. The zero-order chi connectivity index (χ0) is 24.8. The lowest BCUT2D eigenvalue weighted by Crippen LogP contribution is -2.33. The zero-order valence-electron chi connectivity index (χ0n) is 19.4. The van der Waals surface area contributed by atoms with Crippen LogP contribution in [0, 0.1) is 12.7 Å². The summed E-state index contributed by atoms with van der Waals surface area (Å²) in [6.45, 7) is 6.50. The number of carbonyl (C=O) groups is 1. The largest absolute Gasteiger partial charge is 0.366 e. The smallest absolute Gasteiger partial charge is 0.251 e. The summed E-state index contributed by atoms with van der Waals surface area (Å²) in [4.78, 5) is 12.6. The average molecular weight is 480 g/mol. The summed E-state index contributed by atoms with van der Waals surface area (Å²) in [7, 11) is -3.60. The second-order valence-electron chi connectivity index (χ2n) is 9.17. The molecule has 3 aromatic carbocycles. The predicted molar refractivity (Wildman–Crippen MR) is 134 cm³/mol. The molecule has 4 aromatic rings. The van der Waals surface area contributed by atoms with Crippen molar-refractivity contribution >= 4 is 32.5 Å². The lowest BCUT2D eigenvalue weighted by Gasteiger charge is -2.20. The number of primary amides is 1. The van der Waals surface area contributed by atoms with E-state index in [4.69, 9.17) is 5.73 Å². The highest BCUT2D eigenvalue weighted by Gasteiger charge is 2.29. The highest BCUT2D eigenvalue weighted by Crippen LogP contribution is 2.38. The summed E-state index contributed by atoms with van der Waals surface area (Å²) in [6.07, 6.45) is 0. The first-order valence-corrected chi connectivity index (χ1v) is 12.2. The number of aromatic nitrogens is 1. The molecular weight excluding hydrogens is 453 g/mol. The monoisotopic (exact) mass is 479 g/mol. The zero-order valence-corrected chi connectivity index (χ0v) is 20.2. The van der Waals surface area contributed by atoms with Gasteiger partial charge in [-0.3, -0.25) is 9.52 Å². The third-order valence-electron chi connectivity index (χ3n) is 5.73. The summed E-state index contributed by atoms with van der Waals surface area (Å²) in [6, 6.07) is 19.1. The maximum absolute atomic E-state index is 14.5. The summed E-state index contributed by atoms with van der Waals surface area (Å²) in [5, 5.41) is 0.409. The van der Waals surface area contributed by atoms with Crippen LogP contribution in [0.15, 0.2) is 66.7 Å². The summed E-state index contributed by atoms with van der Waals surface area (Å²) >= 11 is 0. The number of carbonyl (C=O) groups excluding carboxylic acids is 1. The quantitative estimate of drug-likeness (QED) is 0.402. The number of hydrogen-bond acceptors (Lipinski definition) is 3. The van der Waals surface area contributed by atoms with Crippen molar-refractivity contribution in [2.45, 2.75) is 32.4 Å². The Balaban J connectivity index is 1.97. The van der Waals surface area contributed by atoms with Gasteiger partial charge in [-0.1, -0.05) is 30.3 Å². The Morgan fingerprint density at radius 3 is 2.18 bits per heavy atom. The van der Waals surface area contributed by atoms with E-state index in [9.17, 15) is 17.6 Å². The summed E-state index contributed by atoms with van der Waals surface area (Å²) in [5.41, 5.74) is 9.38. The van der Waals surface area contributed by atoms with Crippen LogP contribution in [-0.4, -0.2) is 23.6 Å². The molecule has 0 saturated carbocycles. The van der Waals surface area contributed by atoms with Crippen LogP contribution in [0.25, 0.3) is 27.8 Å². The van der Waals surface area contributed by atoms with Crippen LogP contribution in [0.5, 0.6) is 0 Å². The number of anilines is 1. The predicted octanol–water partition coefficient (Wildman–Crippen LogP) is 5.38. The molecule has 6 nitrogen and oxygen atoms in total. The van der Waals surface area contributed by atoms with Crippen LogP contribution in [0.3, 0.4) is 0 Å². The first-order valence-electron chi connectivity index (χ1n) is 10.7. The maximum Gasteiger partial charge on any atom is 0.251 e. The average Bonchev–Trinajstić information content (AvgIpc) is 3.08. The van der Waals surface area contributed by atoms with Crippen molar-refractivity contribution in [3.8, 4) is 16.9 Å². The first kappa shape index (κ1) is 23.5. The molecule has 3 N–H and O–H groups in total. The van der Waals surface area contributed by atoms with Gasteiger partial charge in [0.25, 0.3) is 5.91 Å². The summed E-state index contributed by atoms with van der Waals surface area (Å²) < 4.78 is 43.1. The molecule has 0 saturated heterocycles. The van der Waals surface area contributed by atoms with Gasteiger partial charge in [0, 0.05) is 16.8 Å². The number of nitrogens with two attached hydrogens (primary N) is 1. The number of benzene rings is 3. The second kappa shape index (κ2) is 8.29. The third kappa shape index (κ3) is 4.05. The normalized spacial score (nSPS) is 12.1. The van der Waals surface area contributed by atoms with Gasteiger partial charge in [-0.05, 0) is 75.2 Å². The van der Waals surface area contributed by atoms with Crippen molar-refractivity contribution in [1.82, 2.24) is 4.57 Å². The van der Waals surface area contributed by atoms with E-state index >= 15 is 0 Å². The van der Waals surface area contributed by atoms with Gasteiger partial charge < -0.3 is 10.3 Å². The molecule has 0 bridgehead atoms. The fourth-order valence-corrected chi connectivity index (χ4v) is 4.54. The number of halogens is 1. The Bertz CT molecular complexity index is 1500.